The Labute approximate surface area is 181 Å². The molecule has 2 aliphatic heterocycles. The van der Waals surface area contributed by atoms with Crippen LogP contribution in [-0.4, -0.2) is 50.5 Å². The van der Waals surface area contributed by atoms with Gasteiger partial charge in [0, 0.05) is 26.4 Å². The Bertz CT molecular complexity index is 1060. The summed E-state index contributed by atoms with van der Waals surface area (Å²) in [6.07, 6.45) is 1.44. The van der Waals surface area contributed by atoms with Crippen molar-refractivity contribution in [1.82, 2.24) is 14.7 Å². The fourth-order valence-electron chi connectivity index (χ4n) is 4.51. The van der Waals surface area contributed by atoms with Crippen molar-refractivity contribution in [3.05, 3.63) is 41.2 Å². The standard InChI is InChI=1S/C23H28N4O4/c1-14-21(15(2)26(4)25-14)24-22(30)16(3)27-12-11-23(10-9-20(27)29)13-18(28)17-7-5-6-8-19(17)31-23/h5-8,16H,9-13H2,1-4H3,(H,24,30). The second-order valence-corrected chi connectivity index (χ2v) is 8.55. The monoisotopic (exact) mass is 424 g/mol. The van der Waals surface area contributed by atoms with Gasteiger partial charge in [0.1, 0.15) is 17.4 Å². The van der Waals surface area contributed by atoms with Crippen molar-refractivity contribution in [1.29, 1.82) is 0 Å². The maximum Gasteiger partial charge on any atom is 0.246 e. The number of hydrogen-bond donors (Lipinski definition) is 1. The summed E-state index contributed by atoms with van der Waals surface area (Å²) in [5.41, 5.74) is 2.15. The average molecular weight is 425 g/mol. The summed E-state index contributed by atoms with van der Waals surface area (Å²) in [5, 5.41) is 7.25. The lowest BCUT2D eigenvalue weighted by Gasteiger charge is -2.37. The molecule has 2 amide bonds. The van der Waals surface area contributed by atoms with Crippen molar-refractivity contribution in [2.75, 3.05) is 11.9 Å². The molecule has 1 aromatic heterocycles. The van der Waals surface area contributed by atoms with Crippen LogP contribution >= 0.6 is 0 Å². The minimum absolute atomic E-state index is 0.0380. The van der Waals surface area contributed by atoms with Gasteiger partial charge < -0.3 is 15.0 Å². The molecule has 4 rings (SSSR count). The summed E-state index contributed by atoms with van der Waals surface area (Å²) in [6, 6.07) is 6.59. The van der Waals surface area contributed by atoms with Crippen LogP contribution in [0.1, 0.15) is 54.4 Å². The highest BCUT2D eigenvalue weighted by molar-refractivity contribution is 6.00. The van der Waals surface area contributed by atoms with Crippen LogP contribution in [0.2, 0.25) is 0 Å². The summed E-state index contributed by atoms with van der Waals surface area (Å²) >= 11 is 0. The number of carbonyl (C=O) groups excluding carboxylic acids is 3. The first-order valence-corrected chi connectivity index (χ1v) is 10.6. The van der Waals surface area contributed by atoms with Crippen LogP contribution in [0.3, 0.4) is 0 Å². The first kappa shape index (κ1) is 21.1. The van der Waals surface area contributed by atoms with Gasteiger partial charge in [0.05, 0.1) is 29.1 Å². The number of hydrogen-bond acceptors (Lipinski definition) is 5. The van der Waals surface area contributed by atoms with E-state index in [0.29, 0.717) is 36.4 Å². The molecule has 0 radical (unpaired) electrons. The zero-order chi connectivity index (χ0) is 22.3. The molecular weight excluding hydrogens is 396 g/mol. The van der Waals surface area contributed by atoms with Crippen LogP contribution in [0.25, 0.3) is 0 Å². The lowest BCUT2D eigenvalue weighted by molar-refractivity contribution is -0.137. The molecule has 1 fully saturated rings. The molecule has 1 saturated heterocycles. The number of rotatable bonds is 3. The minimum Gasteiger partial charge on any atom is -0.486 e. The van der Waals surface area contributed by atoms with Gasteiger partial charge in [-0.2, -0.15) is 5.10 Å². The highest BCUT2D eigenvalue weighted by atomic mass is 16.5. The van der Waals surface area contributed by atoms with Crippen molar-refractivity contribution in [3.63, 3.8) is 0 Å². The maximum absolute atomic E-state index is 12.9. The van der Waals surface area contributed by atoms with Gasteiger partial charge >= 0.3 is 0 Å². The van der Waals surface area contributed by atoms with Crippen LogP contribution in [0.5, 0.6) is 5.75 Å². The molecule has 1 aromatic carbocycles. The number of benzene rings is 1. The van der Waals surface area contributed by atoms with E-state index in [4.69, 9.17) is 4.74 Å². The van der Waals surface area contributed by atoms with Gasteiger partial charge in [0.2, 0.25) is 11.8 Å². The normalized spacial score (nSPS) is 22.0. The Hall–Kier alpha value is -3.16. The molecule has 2 aliphatic rings. The summed E-state index contributed by atoms with van der Waals surface area (Å²) < 4.78 is 7.98. The molecule has 0 saturated carbocycles. The third-order valence-corrected chi connectivity index (χ3v) is 6.52. The molecule has 1 spiro atoms. The smallest absolute Gasteiger partial charge is 0.246 e. The van der Waals surface area contributed by atoms with E-state index in [1.165, 1.54) is 0 Å². The summed E-state index contributed by atoms with van der Waals surface area (Å²) in [6.45, 7) is 5.81. The first-order chi connectivity index (χ1) is 14.7. The quantitative estimate of drug-likeness (QED) is 0.818. The van der Waals surface area contributed by atoms with Gasteiger partial charge in [-0.25, -0.2) is 0 Å². The van der Waals surface area contributed by atoms with E-state index in [0.717, 1.165) is 11.4 Å². The molecule has 1 N–H and O–H groups in total. The lowest BCUT2D eigenvalue weighted by atomic mass is 9.84. The van der Waals surface area contributed by atoms with Crippen molar-refractivity contribution in [2.24, 2.45) is 7.05 Å². The van der Waals surface area contributed by atoms with Gasteiger partial charge in [-0.1, -0.05) is 12.1 Å². The second-order valence-electron chi connectivity index (χ2n) is 8.55. The van der Waals surface area contributed by atoms with Gasteiger partial charge in [0.15, 0.2) is 5.78 Å². The molecule has 2 atom stereocenters. The highest BCUT2D eigenvalue weighted by Crippen LogP contribution is 2.39. The number of anilines is 1. The summed E-state index contributed by atoms with van der Waals surface area (Å²) in [5.74, 6) is 0.257. The zero-order valence-electron chi connectivity index (χ0n) is 18.4. The number of ether oxygens (including phenoxy) is 1. The van der Waals surface area contributed by atoms with E-state index < -0.39 is 11.6 Å². The van der Waals surface area contributed by atoms with Crippen molar-refractivity contribution in [2.45, 2.75) is 58.1 Å². The van der Waals surface area contributed by atoms with Gasteiger partial charge in [-0.3, -0.25) is 19.1 Å². The molecule has 2 aromatic rings. The molecule has 2 unspecified atom stereocenters. The second kappa shape index (κ2) is 7.83. The van der Waals surface area contributed by atoms with E-state index in [1.54, 1.807) is 28.6 Å². The van der Waals surface area contributed by atoms with Crippen molar-refractivity contribution >= 4 is 23.3 Å². The predicted octanol–water partition coefficient (Wildman–Crippen LogP) is 2.78. The van der Waals surface area contributed by atoms with Crippen LogP contribution in [-0.2, 0) is 16.6 Å². The van der Waals surface area contributed by atoms with E-state index in [2.05, 4.69) is 10.4 Å². The zero-order valence-corrected chi connectivity index (χ0v) is 18.4. The predicted molar refractivity (Wildman–Crippen MR) is 115 cm³/mol. The Morgan fingerprint density at radius 1 is 1.23 bits per heavy atom. The highest BCUT2D eigenvalue weighted by Gasteiger charge is 2.44. The number of Topliss-reactive ketones (excluding diaryl/α,β-unsaturated/α-hetero) is 1. The number of carbonyl (C=O) groups is 3. The first-order valence-electron chi connectivity index (χ1n) is 10.6. The number of fused-ring (bicyclic) bond motifs is 1. The third-order valence-electron chi connectivity index (χ3n) is 6.52. The third kappa shape index (κ3) is 3.82. The summed E-state index contributed by atoms with van der Waals surface area (Å²) in [4.78, 5) is 40.1. The number of likely N-dealkylation sites (tertiary alicyclic amines) is 1. The molecule has 164 valence electrons. The SMILES string of the molecule is Cc1nn(C)c(C)c1NC(=O)C(C)N1CCC2(CCC1=O)CC(=O)c1ccccc1O2. The number of nitrogens with one attached hydrogen (secondary N) is 1. The Morgan fingerprint density at radius 3 is 2.68 bits per heavy atom. The number of aryl methyl sites for hydroxylation is 2. The number of amides is 2. The topological polar surface area (TPSA) is 93.5 Å². The molecule has 8 heteroatoms. The van der Waals surface area contributed by atoms with Gasteiger partial charge in [0.25, 0.3) is 0 Å². The summed E-state index contributed by atoms with van der Waals surface area (Å²) in [7, 11) is 1.82. The number of nitrogens with zero attached hydrogens (tertiary/aromatic N) is 3. The lowest BCUT2D eigenvalue weighted by Crippen LogP contribution is -2.47. The fraction of sp³-hybridized carbons (Fsp3) is 0.478. The molecule has 8 nitrogen and oxygen atoms in total. The Morgan fingerprint density at radius 2 is 1.97 bits per heavy atom. The fourth-order valence-corrected chi connectivity index (χ4v) is 4.51. The maximum atomic E-state index is 12.9. The molecule has 0 bridgehead atoms. The van der Waals surface area contributed by atoms with E-state index >= 15 is 0 Å². The number of ketones is 1. The van der Waals surface area contributed by atoms with Crippen molar-refractivity contribution in [3.8, 4) is 5.75 Å². The molecule has 0 aliphatic carbocycles. The molecule has 31 heavy (non-hydrogen) atoms. The largest absolute Gasteiger partial charge is 0.486 e. The van der Waals surface area contributed by atoms with Gasteiger partial charge in [-0.05, 0) is 39.3 Å². The van der Waals surface area contributed by atoms with Crippen LogP contribution in [0, 0.1) is 13.8 Å². The Kier molecular flexibility index (Phi) is 5.33. The Balaban J connectivity index is 1.49. The van der Waals surface area contributed by atoms with E-state index in [9.17, 15) is 14.4 Å². The molecular formula is C23H28N4O4. The van der Waals surface area contributed by atoms with Crippen LogP contribution < -0.4 is 10.1 Å². The average Bonchev–Trinajstić information content (AvgIpc) is 2.88. The number of aromatic nitrogens is 2. The minimum atomic E-state index is -0.706. The molecule has 3 heterocycles. The van der Waals surface area contributed by atoms with Crippen molar-refractivity contribution < 1.29 is 19.1 Å². The van der Waals surface area contributed by atoms with Gasteiger partial charge in [-0.15, -0.1) is 0 Å². The van der Waals surface area contributed by atoms with E-state index in [-0.39, 0.29) is 30.4 Å². The number of para-hydroxylation sites is 1. The van der Waals surface area contributed by atoms with E-state index in [1.807, 2.05) is 33.0 Å². The van der Waals surface area contributed by atoms with Crippen LogP contribution in [0.15, 0.2) is 24.3 Å². The van der Waals surface area contributed by atoms with Crippen LogP contribution in [0.4, 0.5) is 5.69 Å².